The Balaban J connectivity index is 3.97. The zero-order valence-corrected chi connectivity index (χ0v) is 11.3. The molecule has 0 aliphatic carbocycles. The molecule has 10 heteroatoms. The van der Waals surface area contributed by atoms with Crippen LogP contribution >= 0.6 is 0 Å². The fourth-order valence-corrected chi connectivity index (χ4v) is 1.16. The summed E-state index contributed by atoms with van der Waals surface area (Å²) in [6.07, 6.45) is 0.784. The molecule has 0 aliphatic heterocycles. The Morgan fingerprint density at radius 2 is 1.95 bits per heavy atom. The molecule has 20 heavy (non-hydrogen) atoms. The van der Waals surface area contributed by atoms with Gasteiger partial charge in [-0.1, -0.05) is 0 Å². The van der Waals surface area contributed by atoms with Crippen molar-refractivity contribution in [2.24, 2.45) is 17.2 Å². The number of guanidine groups is 2. The smallest absolute Gasteiger partial charge is 0.333 e. The lowest BCUT2D eigenvalue weighted by atomic mass is 10.2. The van der Waals surface area contributed by atoms with Gasteiger partial charge in [0.2, 0.25) is 0 Å². The van der Waals surface area contributed by atoms with Crippen LogP contribution in [0.5, 0.6) is 0 Å². The summed E-state index contributed by atoms with van der Waals surface area (Å²) in [5.41, 5.74) is 15.8. The van der Waals surface area contributed by atoms with Gasteiger partial charge in [0.05, 0.1) is 0 Å². The SMILES string of the molecule is CN(CC(=O)OC(=O)[C@@H](N)CCCNC(=N)N)C(=N)N. The van der Waals surface area contributed by atoms with Gasteiger partial charge in [0, 0.05) is 13.6 Å². The van der Waals surface area contributed by atoms with Gasteiger partial charge in [0.15, 0.2) is 11.9 Å². The first-order valence-corrected chi connectivity index (χ1v) is 5.87. The molecule has 0 saturated heterocycles. The van der Waals surface area contributed by atoms with Gasteiger partial charge in [0.25, 0.3) is 0 Å². The molecule has 0 aromatic heterocycles. The number of nitrogens with two attached hydrogens (primary N) is 3. The normalized spacial score (nSPS) is 11.3. The van der Waals surface area contributed by atoms with Gasteiger partial charge < -0.3 is 32.2 Å². The zero-order valence-electron chi connectivity index (χ0n) is 11.3. The Morgan fingerprint density at radius 3 is 2.45 bits per heavy atom. The number of esters is 2. The number of nitrogens with zero attached hydrogens (tertiary/aromatic N) is 1. The van der Waals surface area contributed by atoms with E-state index >= 15 is 0 Å². The molecule has 0 spiro atoms. The Bertz CT molecular complexity index is 385. The van der Waals surface area contributed by atoms with Crippen LogP contribution in [0.2, 0.25) is 0 Å². The van der Waals surface area contributed by atoms with E-state index in [-0.39, 0.29) is 24.9 Å². The lowest BCUT2D eigenvalue weighted by Gasteiger charge is -2.16. The maximum absolute atomic E-state index is 11.5. The highest BCUT2D eigenvalue weighted by Crippen LogP contribution is 1.97. The van der Waals surface area contributed by atoms with E-state index in [2.05, 4.69) is 10.1 Å². The van der Waals surface area contributed by atoms with Crippen LogP contribution in [-0.4, -0.2) is 54.9 Å². The first-order valence-electron chi connectivity index (χ1n) is 5.87. The van der Waals surface area contributed by atoms with Crippen molar-refractivity contribution < 1.29 is 14.3 Å². The molecular formula is C10H21N7O3. The summed E-state index contributed by atoms with van der Waals surface area (Å²) in [4.78, 5) is 23.9. The van der Waals surface area contributed by atoms with Crippen molar-refractivity contribution in [1.29, 1.82) is 10.8 Å². The van der Waals surface area contributed by atoms with Gasteiger partial charge in [-0.25, -0.2) is 9.59 Å². The molecule has 0 aliphatic rings. The van der Waals surface area contributed by atoms with E-state index in [0.717, 1.165) is 4.90 Å². The van der Waals surface area contributed by atoms with Crippen LogP contribution in [0.1, 0.15) is 12.8 Å². The van der Waals surface area contributed by atoms with Gasteiger partial charge in [-0.3, -0.25) is 10.8 Å². The Kier molecular flexibility index (Phi) is 7.67. The summed E-state index contributed by atoms with van der Waals surface area (Å²) in [7, 11) is 1.42. The van der Waals surface area contributed by atoms with Crippen LogP contribution in [0.3, 0.4) is 0 Å². The predicted octanol–water partition coefficient (Wildman–Crippen LogP) is -2.53. The third-order valence-corrected chi connectivity index (χ3v) is 2.30. The highest BCUT2D eigenvalue weighted by molar-refractivity contribution is 5.90. The van der Waals surface area contributed by atoms with Crippen molar-refractivity contribution in [3.8, 4) is 0 Å². The fraction of sp³-hybridized carbons (Fsp3) is 0.600. The van der Waals surface area contributed by atoms with Gasteiger partial charge in [-0.2, -0.15) is 0 Å². The zero-order chi connectivity index (χ0) is 15.7. The third-order valence-electron chi connectivity index (χ3n) is 2.30. The molecule has 9 N–H and O–H groups in total. The van der Waals surface area contributed by atoms with Crippen molar-refractivity contribution >= 4 is 23.9 Å². The number of hydrogen-bond donors (Lipinski definition) is 6. The van der Waals surface area contributed by atoms with Gasteiger partial charge in [-0.05, 0) is 12.8 Å². The van der Waals surface area contributed by atoms with Crippen LogP contribution in [0.25, 0.3) is 0 Å². The summed E-state index contributed by atoms with van der Waals surface area (Å²) in [6.45, 7) is 0.0943. The van der Waals surface area contributed by atoms with E-state index in [1.54, 1.807) is 0 Å². The van der Waals surface area contributed by atoms with Gasteiger partial charge in [0.1, 0.15) is 12.6 Å². The molecule has 114 valence electrons. The minimum atomic E-state index is -0.935. The summed E-state index contributed by atoms with van der Waals surface area (Å²) in [5.74, 6) is -2.14. The molecule has 10 nitrogen and oxygen atoms in total. The van der Waals surface area contributed by atoms with Gasteiger partial charge >= 0.3 is 11.9 Å². The lowest BCUT2D eigenvalue weighted by Crippen LogP contribution is -2.40. The largest absolute Gasteiger partial charge is 0.391 e. The third kappa shape index (κ3) is 7.87. The summed E-state index contributed by atoms with van der Waals surface area (Å²) >= 11 is 0. The van der Waals surface area contributed by atoms with Crippen LogP contribution in [0.4, 0.5) is 0 Å². The first-order chi connectivity index (χ1) is 9.23. The highest BCUT2D eigenvalue weighted by atomic mass is 16.6. The molecular weight excluding hydrogens is 266 g/mol. The van der Waals surface area contributed by atoms with Crippen molar-refractivity contribution in [2.75, 3.05) is 20.1 Å². The number of rotatable bonds is 7. The number of carbonyl (C=O) groups excluding carboxylic acids is 2. The van der Waals surface area contributed by atoms with Crippen LogP contribution in [0.15, 0.2) is 0 Å². The second kappa shape index (κ2) is 8.69. The average Bonchev–Trinajstić information content (AvgIpc) is 2.33. The molecule has 1 atom stereocenters. The Hall–Kier alpha value is -2.36. The highest BCUT2D eigenvalue weighted by Gasteiger charge is 2.19. The van der Waals surface area contributed by atoms with Crippen LogP contribution in [-0.2, 0) is 14.3 Å². The van der Waals surface area contributed by atoms with Crippen molar-refractivity contribution in [3.05, 3.63) is 0 Å². The Morgan fingerprint density at radius 1 is 1.35 bits per heavy atom. The lowest BCUT2D eigenvalue weighted by molar-refractivity contribution is -0.160. The molecule has 0 saturated carbocycles. The number of hydrogen-bond acceptors (Lipinski definition) is 6. The number of nitrogens with one attached hydrogen (secondary N) is 3. The van der Waals surface area contributed by atoms with Crippen molar-refractivity contribution in [1.82, 2.24) is 10.2 Å². The van der Waals surface area contributed by atoms with Crippen LogP contribution in [0, 0.1) is 10.8 Å². The van der Waals surface area contributed by atoms with Crippen molar-refractivity contribution in [3.63, 3.8) is 0 Å². The number of ether oxygens (including phenoxy) is 1. The maximum atomic E-state index is 11.5. The molecule has 0 fully saturated rings. The molecule has 0 rings (SSSR count). The quantitative estimate of drug-likeness (QED) is 0.0972. The number of carbonyl (C=O) groups is 2. The standard InChI is InChI=1S/C10H21N7O3/c1-17(10(14)15)5-7(18)20-8(19)6(11)3-2-4-16-9(12)13/h6H,2-5,11H2,1H3,(H3,14,15)(H4,12,13,16)/t6-/m0/s1. The minimum absolute atomic E-state index is 0.163. The predicted molar refractivity (Wildman–Crippen MR) is 72.8 cm³/mol. The van der Waals surface area contributed by atoms with E-state index in [4.69, 9.17) is 28.0 Å². The minimum Gasteiger partial charge on any atom is -0.391 e. The van der Waals surface area contributed by atoms with Crippen LogP contribution < -0.4 is 22.5 Å². The van der Waals surface area contributed by atoms with E-state index in [0.29, 0.717) is 13.0 Å². The Labute approximate surface area is 116 Å². The number of likely N-dealkylation sites (N-methyl/N-ethyl adjacent to an activating group) is 1. The van der Waals surface area contributed by atoms with Gasteiger partial charge in [-0.15, -0.1) is 0 Å². The average molecular weight is 287 g/mol. The monoisotopic (exact) mass is 287 g/mol. The maximum Gasteiger partial charge on any atom is 0.333 e. The molecule has 0 heterocycles. The van der Waals surface area contributed by atoms with E-state index in [1.807, 2.05) is 0 Å². The van der Waals surface area contributed by atoms with E-state index in [1.165, 1.54) is 7.05 Å². The molecule has 0 amide bonds. The summed E-state index contributed by atoms with van der Waals surface area (Å²) in [5, 5.41) is 16.5. The van der Waals surface area contributed by atoms with E-state index in [9.17, 15) is 9.59 Å². The first kappa shape index (κ1) is 17.6. The second-order valence-corrected chi connectivity index (χ2v) is 4.12. The fourth-order valence-electron chi connectivity index (χ4n) is 1.16. The second-order valence-electron chi connectivity index (χ2n) is 4.12. The molecule has 0 aromatic carbocycles. The van der Waals surface area contributed by atoms with Crippen molar-refractivity contribution in [2.45, 2.75) is 18.9 Å². The molecule has 0 radical (unpaired) electrons. The van der Waals surface area contributed by atoms with E-state index < -0.39 is 18.0 Å². The summed E-state index contributed by atoms with van der Waals surface area (Å²) < 4.78 is 4.53. The molecule has 0 unspecified atom stereocenters. The molecule has 0 aromatic rings. The topological polar surface area (TPSA) is 184 Å². The summed E-state index contributed by atoms with van der Waals surface area (Å²) in [6, 6.07) is -0.935. The molecule has 0 bridgehead atoms.